The molecule has 0 aromatic heterocycles. The first kappa shape index (κ1) is 16.3. The molecule has 4 saturated carbocycles. The van der Waals surface area contributed by atoms with Crippen LogP contribution >= 0.6 is 0 Å². The summed E-state index contributed by atoms with van der Waals surface area (Å²) in [6, 6.07) is 9.51. The molecule has 2 atom stereocenters. The van der Waals surface area contributed by atoms with Crippen LogP contribution in [0.4, 0.5) is 4.79 Å². The lowest BCUT2D eigenvalue weighted by molar-refractivity contribution is -0.147. The third kappa shape index (κ3) is 2.41. The number of ether oxygens (including phenoxy) is 1. The molecule has 4 aliphatic carbocycles. The van der Waals surface area contributed by atoms with Crippen molar-refractivity contribution in [2.45, 2.75) is 51.5 Å². The number of cyclic esters (lactones) is 1. The number of hydrogen-bond acceptors (Lipinski definition) is 3. The first-order chi connectivity index (χ1) is 12.6. The standard InChI is InChI=1S/C22H27NO3/c1-14(22-10-15-7-16(11-22)9-17(8-15)12-22)20(24)23-19(13-26-21(23)25)18-5-3-2-4-6-18/h2-6,14-17,19H,7-13H2,1H3/t14-,15?,16?,17?,19-,22?/m1/s1. The number of amides is 2. The Kier molecular flexibility index (Phi) is 3.67. The van der Waals surface area contributed by atoms with Crippen LogP contribution < -0.4 is 0 Å². The predicted octanol–water partition coefficient (Wildman–Crippen LogP) is 4.56. The zero-order chi connectivity index (χ0) is 17.9. The Hall–Kier alpha value is -1.84. The van der Waals surface area contributed by atoms with Crippen molar-refractivity contribution in [2.75, 3.05) is 6.61 Å². The fraction of sp³-hybridized carbons (Fsp3) is 0.636. The molecule has 138 valence electrons. The van der Waals surface area contributed by atoms with Crippen molar-refractivity contribution in [1.82, 2.24) is 4.90 Å². The number of benzene rings is 1. The Morgan fingerprint density at radius 1 is 1.08 bits per heavy atom. The van der Waals surface area contributed by atoms with Gasteiger partial charge in [-0.15, -0.1) is 0 Å². The molecule has 1 aliphatic heterocycles. The summed E-state index contributed by atoms with van der Waals surface area (Å²) in [4.78, 5) is 27.3. The van der Waals surface area contributed by atoms with Crippen molar-refractivity contribution >= 4 is 12.0 Å². The predicted molar refractivity (Wildman–Crippen MR) is 97.1 cm³/mol. The number of rotatable bonds is 3. The van der Waals surface area contributed by atoms with Crippen molar-refractivity contribution < 1.29 is 14.3 Å². The van der Waals surface area contributed by atoms with Crippen molar-refractivity contribution in [3.8, 4) is 0 Å². The van der Waals surface area contributed by atoms with Crippen molar-refractivity contribution in [2.24, 2.45) is 29.1 Å². The third-order valence-electron chi connectivity index (χ3n) is 7.67. The molecule has 4 heteroatoms. The highest BCUT2D eigenvalue weighted by atomic mass is 16.6. The van der Waals surface area contributed by atoms with Gasteiger partial charge in [0.2, 0.25) is 5.91 Å². The summed E-state index contributed by atoms with van der Waals surface area (Å²) >= 11 is 0. The lowest BCUT2D eigenvalue weighted by Gasteiger charge is -2.58. The van der Waals surface area contributed by atoms with E-state index in [9.17, 15) is 9.59 Å². The van der Waals surface area contributed by atoms with E-state index in [2.05, 4.69) is 6.92 Å². The Morgan fingerprint density at radius 3 is 2.23 bits per heavy atom. The van der Waals surface area contributed by atoms with E-state index >= 15 is 0 Å². The van der Waals surface area contributed by atoms with Gasteiger partial charge in [0.05, 0.1) is 0 Å². The number of carbonyl (C=O) groups excluding carboxylic acids is 2. The van der Waals surface area contributed by atoms with Gasteiger partial charge in [0.25, 0.3) is 0 Å². The highest BCUT2D eigenvalue weighted by Crippen LogP contribution is 2.63. The van der Waals surface area contributed by atoms with Crippen LogP contribution in [0.3, 0.4) is 0 Å². The SMILES string of the molecule is C[C@H](C(=O)N1C(=O)OC[C@@H]1c1ccccc1)C12CC3CC(CC(C3)C1)C2. The maximum atomic E-state index is 13.5. The molecule has 0 unspecified atom stereocenters. The van der Waals surface area contributed by atoms with E-state index in [0.29, 0.717) is 0 Å². The maximum absolute atomic E-state index is 13.5. The minimum atomic E-state index is -0.472. The van der Waals surface area contributed by atoms with Gasteiger partial charge in [-0.2, -0.15) is 0 Å². The highest BCUT2D eigenvalue weighted by molar-refractivity contribution is 5.95. The second-order valence-electron chi connectivity index (χ2n) is 9.21. The molecule has 2 amide bonds. The van der Waals surface area contributed by atoms with E-state index in [1.54, 1.807) is 0 Å². The molecular formula is C22H27NO3. The van der Waals surface area contributed by atoms with Gasteiger partial charge in [-0.25, -0.2) is 9.69 Å². The van der Waals surface area contributed by atoms with Crippen LogP contribution in [0.1, 0.15) is 57.1 Å². The van der Waals surface area contributed by atoms with Gasteiger partial charge >= 0.3 is 6.09 Å². The lowest BCUT2D eigenvalue weighted by atomic mass is 9.46. The normalized spacial score (nSPS) is 39.1. The van der Waals surface area contributed by atoms with E-state index in [1.807, 2.05) is 30.3 Å². The molecule has 4 bridgehead atoms. The summed E-state index contributed by atoms with van der Waals surface area (Å²) < 4.78 is 5.29. The van der Waals surface area contributed by atoms with Gasteiger partial charge in [-0.1, -0.05) is 37.3 Å². The zero-order valence-corrected chi connectivity index (χ0v) is 15.4. The monoisotopic (exact) mass is 353 g/mol. The third-order valence-corrected chi connectivity index (χ3v) is 7.67. The summed E-state index contributed by atoms with van der Waals surface area (Å²) in [6.07, 6.45) is 7.12. The zero-order valence-electron chi connectivity index (χ0n) is 15.4. The quantitative estimate of drug-likeness (QED) is 0.800. The van der Waals surface area contributed by atoms with Crippen molar-refractivity contribution in [3.05, 3.63) is 35.9 Å². The molecule has 6 rings (SSSR count). The summed E-state index contributed by atoms with van der Waals surface area (Å²) in [6.45, 7) is 2.34. The highest BCUT2D eigenvalue weighted by Gasteiger charge is 2.56. The van der Waals surface area contributed by atoms with Crippen LogP contribution in [0.25, 0.3) is 0 Å². The van der Waals surface area contributed by atoms with E-state index < -0.39 is 6.09 Å². The molecule has 0 spiro atoms. The molecule has 5 aliphatic rings. The van der Waals surface area contributed by atoms with Gasteiger partial charge in [0, 0.05) is 5.92 Å². The fourth-order valence-corrected chi connectivity index (χ4v) is 6.76. The Bertz CT molecular complexity index is 693. The topological polar surface area (TPSA) is 46.6 Å². The minimum Gasteiger partial charge on any atom is -0.446 e. The second-order valence-corrected chi connectivity index (χ2v) is 9.21. The summed E-state index contributed by atoms with van der Waals surface area (Å²) in [5.74, 6) is 2.27. The van der Waals surface area contributed by atoms with Crippen LogP contribution in [0, 0.1) is 29.1 Å². The average Bonchev–Trinajstić information content (AvgIpc) is 3.01. The van der Waals surface area contributed by atoms with E-state index in [-0.39, 0.29) is 29.9 Å². The van der Waals surface area contributed by atoms with Gasteiger partial charge in [0.15, 0.2) is 0 Å². The molecule has 0 radical (unpaired) electrons. The van der Waals surface area contributed by atoms with Gasteiger partial charge < -0.3 is 4.74 Å². The summed E-state index contributed by atoms with van der Waals surface area (Å²) in [7, 11) is 0. The fourth-order valence-electron chi connectivity index (χ4n) is 6.76. The number of nitrogens with zero attached hydrogens (tertiary/aromatic N) is 1. The van der Waals surface area contributed by atoms with Crippen LogP contribution in [-0.2, 0) is 9.53 Å². The molecular weight excluding hydrogens is 326 g/mol. The largest absolute Gasteiger partial charge is 0.446 e. The van der Waals surface area contributed by atoms with Gasteiger partial charge in [-0.05, 0) is 67.3 Å². The number of hydrogen-bond donors (Lipinski definition) is 0. The van der Waals surface area contributed by atoms with Crippen LogP contribution in [0.2, 0.25) is 0 Å². The molecule has 1 aromatic rings. The summed E-state index contributed by atoms with van der Waals surface area (Å²) in [5, 5.41) is 0. The number of imide groups is 1. The molecule has 1 aromatic carbocycles. The molecule has 26 heavy (non-hydrogen) atoms. The van der Waals surface area contributed by atoms with Crippen LogP contribution in [0.15, 0.2) is 30.3 Å². The first-order valence-electron chi connectivity index (χ1n) is 10.1. The van der Waals surface area contributed by atoms with Gasteiger partial charge in [-0.3, -0.25) is 4.79 Å². The molecule has 4 nitrogen and oxygen atoms in total. The average molecular weight is 353 g/mol. The van der Waals surface area contributed by atoms with E-state index in [1.165, 1.54) is 43.4 Å². The Balaban J connectivity index is 1.42. The Labute approximate surface area is 154 Å². The lowest BCUT2D eigenvalue weighted by Crippen LogP contribution is -2.53. The van der Waals surface area contributed by atoms with Crippen molar-refractivity contribution in [3.63, 3.8) is 0 Å². The van der Waals surface area contributed by atoms with Crippen molar-refractivity contribution in [1.29, 1.82) is 0 Å². The molecule has 0 N–H and O–H groups in total. The number of carbonyl (C=O) groups is 2. The molecule has 5 fully saturated rings. The van der Waals surface area contributed by atoms with E-state index in [0.717, 1.165) is 23.3 Å². The van der Waals surface area contributed by atoms with Crippen LogP contribution in [0.5, 0.6) is 0 Å². The molecule has 1 heterocycles. The maximum Gasteiger partial charge on any atom is 0.417 e. The minimum absolute atomic E-state index is 0.0247. The Morgan fingerprint density at radius 2 is 1.65 bits per heavy atom. The van der Waals surface area contributed by atoms with Crippen LogP contribution in [-0.4, -0.2) is 23.5 Å². The second kappa shape index (κ2) is 5.83. The van der Waals surface area contributed by atoms with E-state index in [4.69, 9.17) is 4.74 Å². The van der Waals surface area contributed by atoms with Gasteiger partial charge in [0.1, 0.15) is 12.6 Å². The first-order valence-corrected chi connectivity index (χ1v) is 10.1. The smallest absolute Gasteiger partial charge is 0.417 e. The summed E-state index contributed by atoms with van der Waals surface area (Å²) in [5.41, 5.74) is 1.08. The molecule has 1 saturated heterocycles.